The summed E-state index contributed by atoms with van der Waals surface area (Å²) < 4.78 is 5.22. The summed E-state index contributed by atoms with van der Waals surface area (Å²) in [4.78, 5) is 23.9. The second kappa shape index (κ2) is 6.19. The molecule has 0 amide bonds. The highest BCUT2D eigenvalue weighted by molar-refractivity contribution is 5.50. The Morgan fingerprint density at radius 3 is 2.50 bits per heavy atom. The minimum atomic E-state index is 0.525. The van der Waals surface area contributed by atoms with Gasteiger partial charge in [0.2, 0.25) is 5.88 Å². The molecule has 0 aromatic carbocycles. The highest BCUT2D eigenvalue weighted by atomic mass is 16.5. The summed E-state index contributed by atoms with van der Waals surface area (Å²) in [7, 11) is 1.63. The first-order valence-electron chi connectivity index (χ1n) is 7.70. The van der Waals surface area contributed by atoms with E-state index in [-0.39, 0.29) is 0 Å². The topological polar surface area (TPSA) is 76.9 Å². The Morgan fingerprint density at radius 1 is 1.00 bits per heavy atom. The van der Waals surface area contributed by atoms with Crippen molar-refractivity contribution in [1.29, 1.82) is 0 Å². The molecule has 4 rings (SSSR count). The van der Waals surface area contributed by atoms with Crippen molar-refractivity contribution in [2.45, 2.75) is 13.0 Å². The molecule has 7 nitrogen and oxygen atoms in total. The van der Waals surface area contributed by atoms with Gasteiger partial charge in [0.05, 0.1) is 37.4 Å². The number of anilines is 1. The van der Waals surface area contributed by atoms with Crippen LogP contribution in [-0.2, 0) is 13.0 Å². The first-order chi connectivity index (χ1) is 11.8. The molecule has 7 heteroatoms. The third-order valence-electron chi connectivity index (χ3n) is 4.01. The Labute approximate surface area is 139 Å². The summed E-state index contributed by atoms with van der Waals surface area (Å²) in [6, 6.07) is 5.77. The van der Waals surface area contributed by atoms with Crippen LogP contribution in [0.1, 0.15) is 11.3 Å². The SMILES string of the molecule is COc1ccc2c(n1)CN(c1cnc(-c3ncccn3)nc1)CC2. The van der Waals surface area contributed by atoms with E-state index in [1.807, 2.05) is 18.5 Å². The summed E-state index contributed by atoms with van der Waals surface area (Å²) in [5.74, 6) is 1.69. The first-order valence-corrected chi connectivity index (χ1v) is 7.70. The zero-order chi connectivity index (χ0) is 16.4. The number of nitrogens with zero attached hydrogens (tertiary/aromatic N) is 6. The fourth-order valence-corrected chi connectivity index (χ4v) is 2.74. The summed E-state index contributed by atoms with van der Waals surface area (Å²) in [5, 5.41) is 0. The summed E-state index contributed by atoms with van der Waals surface area (Å²) >= 11 is 0. The van der Waals surface area contributed by atoms with Gasteiger partial charge in [-0.3, -0.25) is 0 Å². The number of pyridine rings is 1. The predicted molar refractivity (Wildman–Crippen MR) is 88.6 cm³/mol. The van der Waals surface area contributed by atoms with Crippen LogP contribution in [0.3, 0.4) is 0 Å². The van der Waals surface area contributed by atoms with Gasteiger partial charge >= 0.3 is 0 Å². The van der Waals surface area contributed by atoms with Gasteiger partial charge in [-0.05, 0) is 18.1 Å². The molecule has 1 aliphatic rings. The molecule has 0 N–H and O–H groups in total. The fourth-order valence-electron chi connectivity index (χ4n) is 2.74. The molecule has 3 aromatic rings. The molecule has 4 heterocycles. The van der Waals surface area contributed by atoms with Gasteiger partial charge in [-0.15, -0.1) is 0 Å². The minimum absolute atomic E-state index is 0.525. The Kier molecular flexibility index (Phi) is 3.74. The number of fused-ring (bicyclic) bond motifs is 1. The number of hydrogen-bond donors (Lipinski definition) is 0. The zero-order valence-electron chi connectivity index (χ0n) is 13.3. The maximum atomic E-state index is 5.22. The van der Waals surface area contributed by atoms with Crippen molar-refractivity contribution < 1.29 is 4.74 Å². The van der Waals surface area contributed by atoms with Crippen LogP contribution in [0.4, 0.5) is 5.69 Å². The van der Waals surface area contributed by atoms with Gasteiger partial charge in [-0.1, -0.05) is 6.07 Å². The van der Waals surface area contributed by atoms with Crippen LogP contribution in [0.5, 0.6) is 5.88 Å². The van der Waals surface area contributed by atoms with Gasteiger partial charge in [0.15, 0.2) is 11.6 Å². The molecule has 0 atom stereocenters. The molecule has 0 aliphatic carbocycles. The molecule has 0 saturated heterocycles. The second-order valence-corrected chi connectivity index (χ2v) is 5.47. The number of methoxy groups -OCH3 is 1. The number of aromatic nitrogens is 5. The third-order valence-corrected chi connectivity index (χ3v) is 4.01. The quantitative estimate of drug-likeness (QED) is 0.729. The normalized spacial score (nSPS) is 13.5. The standard InChI is InChI=1S/C17H16N6O/c1-24-15-4-3-12-5-8-23(11-14(12)22-15)13-9-20-17(21-10-13)16-18-6-2-7-19-16/h2-4,6-7,9-10H,5,8,11H2,1H3. The number of ether oxygens (including phenoxy) is 1. The molecule has 120 valence electrons. The van der Waals surface area contributed by atoms with Crippen molar-refractivity contribution in [3.05, 3.63) is 54.2 Å². The molecule has 0 bridgehead atoms. The van der Waals surface area contributed by atoms with Crippen molar-refractivity contribution in [2.75, 3.05) is 18.6 Å². The van der Waals surface area contributed by atoms with E-state index >= 15 is 0 Å². The van der Waals surface area contributed by atoms with Crippen molar-refractivity contribution >= 4 is 5.69 Å². The van der Waals surface area contributed by atoms with Crippen LogP contribution < -0.4 is 9.64 Å². The van der Waals surface area contributed by atoms with Gasteiger partial charge < -0.3 is 9.64 Å². The molecular weight excluding hydrogens is 304 g/mol. The smallest absolute Gasteiger partial charge is 0.213 e. The van der Waals surface area contributed by atoms with Gasteiger partial charge in [-0.2, -0.15) is 0 Å². The molecule has 24 heavy (non-hydrogen) atoms. The van der Waals surface area contributed by atoms with Gasteiger partial charge in [0.1, 0.15) is 0 Å². The molecule has 1 aliphatic heterocycles. The summed E-state index contributed by atoms with van der Waals surface area (Å²) in [6.45, 7) is 1.63. The van der Waals surface area contributed by atoms with Crippen LogP contribution >= 0.6 is 0 Å². The minimum Gasteiger partial charge on any atom is -0.481 e. The molecule has 0 unspecified atom stereocenters. The monoisotopic (exact) mass is 320 g/mol. The maximum Gasteiger partial charge on any atom is 0.213 e. The maximum absolute atomic E-state index is 5.22. The molecule has 0 fully saturated rings. The van der Waals surface area contributed by atoms with Crippen molar-refractivity contribution in [3.63, 3.8) is 0 Å². The number of hydrogen-bond acceptors (Lipinski definition) is 7. The van der Waals surface area contributed by atoms with E-state index in [0.29, 0.717) is 17.5 Å². The van der Waals surface area contributed by atoms with Crippen LogP contribution in [0, 0.1) is 0 Å². The second-order valence-electron chi connectivity index (χ2n) is 5.47. The fraction of sp³-hybridized carbons (Fsp3) is 0.235. The zero-order valence-corrected chi connectivity index (χ0v) is 13.3. The van der Waals surface area contributed by atoms with Gasteiger partial charge in [-0.25, -0.2) is 24.9 Å². The summed E-state index contributed by atoms with van der Waals surface area (Å²) in [5.41, 5.74) is 3.27. The van der Waals surface area contributed by atoms with Crippen LogP contribution in [-0.4, -0.2) is 38.6 Å². The summed E-state index contributed by atoms with van der Waals surface area (Å²) in [6.07, 6.45) is 7.92. The highest BCUT2D eigenvalue weighted by Gasteiger charge is 2.19. The van der Waals surface area contributed by atoms with Gasteiger partial charge in [0, 0.05) is 25.0 Å². The first kappa shape index (κ1) is 14.5. The predicted octanol–water partition coefficient (Wildman–Crippen LogP) is 1.90. The van der Waals surface area contributed by atoms with E-state index in [1.54, 1.807) is 25.6 Å². The molecule has 0 radical (unpaired) electrons. The average molecular weight is 320 g/mol. The van der Waals surface area contributed by atoms with Crippen LogP contribution in [0.25, 0.3) is 11.6 Å². The molecule has 0 saturated carbocycles. The van der Waals surface area contributed by atoms with Crippen molar-refractivity contribution in [3.8, 4) is 17.5 Å². The lowest BCUT2D eigenvalue weighted by atomic mass is 10.1. The van der Waals surface area contributed by atoms with E-state index in [9.17, 15) is 0 Å². The van der Waals surface area contributed by atoms with Crippen LogP contribution in [0.15, 0.2) is 43.0 Å². The van der Waals surface area contributed by atoms with Crippen molar-refractivity contribution in [2.24, 2.45) is 0 Å². The van der Waals surface area contributed by atoms with E-state index in [0.717, 1.165) is 30.9 Å². The lowest BCUT2D eigenvalue weighted by molar-refractivity contribution is 0.395. The lowest BCUT2D eigenvalue weighted by Crippen LogP contribution is -2.31. The highest BCUT2D eigenvalue weighted by Crippen LogP contribution is 2.24. The van der Waals surface area contributed by atoms with E-state index in [4.69, 9.17) is 4.74 Å². The molecular formula is C17H16N6O. The largest absolute Gasteiger partial charge is 0.481 e. The van der Waals surface area contributed by atoms with E-state index in [2.05, 4.69) is 35.9 Å². The third kappa shape index (κ3) is 2.76. The Bertz CT molecular complexity index is 837. The van der Waals surface area contributed by atoms with Crippen molar-refractivity contribution in [1.82, 2.24) is 24.9 Å². The van der Waals surface area contributed by atoms with E-state index < -0.39 is 0 Å². The van der Waals surface area contributed by atoms with Gasteiger partial charge in [0.25, 0.3) is 0 Å². The molecule has 3 aromatic heterocycles. The number of rotatable bonds is 3. The Balaban J connectivity index is 1.56. The Hall–Kier alpha value is -3.09. The average Bonchev–Trinajstić information content (AvgIpc) is 2.68. The Morgan fingerprint density at radius 2 is 1.75 bits per heavy atom. The molecule has 0 spiro atoms. The van der Waals surface area contributed by atoms with Crippen LogP contribution in [0.2, 0.25) is 0 Å². The van der Waals surface area contributed by atoms with E-state index in [1.165, 1.54) is 5.56 Å². The lowest BCUT2D eigenvalue weighted by Gasteiger charge is -2.29.